The van der Waals surface area contributed by atoms with E-state index in [0.29, 0.717) is 11.4 Å². The van der Waals surface area contributed by atoms with Crippen LogP contribution in [-0.4, -0.2) is 29.8 Å². The highest BCUT2D eigenvalue weighted by atomic mass is 16.5. The molecule has 19 heavy (non-hydrogen) atoms. The lowest BCUT2D eigenvalue weighted by atomic mass is 10.0. The third kappa shape index (κ3) is 3.38. The van der Waals surface area contributed by atoms with Gasteiger partial charge in [-0.3, -0.25) is 0 Å². The first-order chi connectivity index (χ1) is 9.08. The Hall–Kier alpha value is -1.75. The Kier molecular flexibility index (Phi) is 4.27. The lowest BCUT2D eigenvalue weighted by molar-refractivity contribution is 0.0686. The highest BCUT2D eigenvalue weighted by Gasteiger charge is 2.22. The van der Waals surface area contributed by atoms with Crippen LogP contribution in [0.4, 0.5) is 5.69 Å². The van der Waals surface area contributed by atoms with E-state index in [1.54, 1.807) is 12.1 Å². The zero-order valence-corrected chi connectivity index (χ0v) is 11.1. The summed E-state index contributed by atoms with van der Waals surface area (Å²) in [6.07, 6.45) is 3.35. The van der Waals surface area contributed by atoms with Crippen LogP contribution in [-0.2, 0) is 0 Å². The van der Waals surface area contributed by atoms with Crippen molar-refractivity contribution in [2.75, 3.05) is 12.3 Å². The largest absolute Gasteiger partial charge is 0.488 e. The van der Waals surface area contributed by atoms with Gasteiger partial charge in [-0.2, -0.15) is 0 Å². The predicted molar refractivity (Wildman–Crippen MR) is 73.5 cm³/mol. The standard InChI is InChI=1S/C14H20N2O3/c1-9(12-4-2-3-7-16-12)19-13-6-5-10(15)8-11(13)14(17)18/h5-6,8-9,12,16H,2-4,7,15H2,1H3,(H,17,18). The summed E-state index contributed by atoms with van der Waals surface area (Å²) in [5.41, 5.74) is 6.15. The van der Waals surface area contributed by atoms with Gasteiger partial charge in [0.1, 0.15) is 17.4 Å². The molecule has 2 atom stereocenters. The molecule has 5 heteroatoms. The summed E-state index contributed by atoms with van der Waals surface area (Å²) >= 11 is 0. The van der Waals surface area contributed by atoms with Gasteiger partial charge in [0.2, 0.25) is 0 Å². The first-order valence-electron chi connectivity index (χ1n) is 6.61. The quantitative estimate of drug-likeness (QED) is 0.723. The predicted octanol–water partition coefficient (Wildman–Crippen LogP) is 1.88. The second-order valence-corrected chi connectivity index (χ2v) is 4.94. The lowest BCUT2D eigenvalue weighted by Crippen LogP contribution is -2.44. The van der Waals surface area contributed by atoms with Gasteiger partial charge in [0.25, 0.3) is 0 Å². The van der Waals surface area contributed by atoms with E-state index >= 15 is 0 Å². The Labute approximate surface area is 112 Å². The van der Waals surface area contributed by atoms with Crippen LogP contribution in [0, 0.1) is 0 Å². The Morgan fingerprint density at radius 1 is 1.53 bits per heavy atom. The fraction of sp³-hybridized carbons (Fsp3) is 0.500. The van der Waals surface area contributed by atoms with E-state index in [4.69, 9.17) is 15.6 Å². The molecule has 0 saturated carbocycles. The first kappa shape index (κ1) is 13.7. The second-order valence-electron chi connectivity index (χ2n) is 4.94. The molecule has 1 aromatic carbocycles. The Morgan fingerprint density at radius 2 is 2.32 bits per heavy atom. The molecule has 0 aliphatic carbocycles. The summed E-state index contributed by atoms with van der Waals surface area (Å²) < 4.78 is 5.80. The van der Waals surface area contributed by atoms with Gasteiger partial charge in [-0.05, 0) is 44.5 Å². The molecule has 2 rings (SSSR count). The molecule has 0 amide bonds. The van der Waals surface area contributed by atoms with Crippen LogP contribution in [0.2, 0.25) is 0 Å². The number of benzene rings is 1. The number of carboxylic acid groups (broad SMARTS) is 1. The van der Waals surface area contributed by atoms with Gasteiger partial charge in [-0.15, -0.1) is 0 Å². The summed E-state index contributed by atoms with van der Waals surface area (Å²) in [7, 11) is 0. The minimum atomic E-state index is -1.02. The summed E-state index contributed by atoms with van der Waals surface area (Å²) in [6, 6.07) is 4.98. The molecule has 1 saturated heterocycles. The van der Waals surface area contributed by atoms with Crippen molar-refractivity contribution < 1.29 is 14.6 Å². The van der Waals surface area contributed by atoms with Crippen molar-refractivity contribution in [3.05, 3.63) is 23.8 Å². The zero-order chi connectivity index (χ0) is 13.8. The van der Waals surface area contributed by atoms with Gasteiger partial charge in [0, 0.05) is 11.7 Å². The molecule has 0 aromatic heterocycles. The highest BCUT2D eigenvalue weighted by Crippen LogP contribution is 2.24. The SMILES string of the molecule is CC(Oc1ccc(N)cc1C(=O)O)C1CCCCN1. The molecule has 0 bridgehead atoms. The molecule has 1 heterocycles. The van der Waals surface area contributed by atoms with Crippen molar-refractivity contribution in [2.24, 2.45) is 0 Å². The number of nitrogen functional groups attached to an aromatic ring is 1. The van der Waals surface area contributed by atoms with Crippen LogP contribution < -0.4 is 15.8 Å². The van der Waals surface area contributed by atoms with Crippen LogP contribution >= 0.6 is 0 Å². The smallest absolute Gasteiger partial charge is 0.339 e. The number of nitrogens with one attached hydrogen (secondary N) is 1. The van der Waals surface area contributed by atoms with Gasteiger partial charge >= 0.3 is 5.97 Å². The van der Waals surface area contributed by atoms with Gasteiger partial charge in [-0.1, -0.05) is 6.42 Å². The summed E-state index contributed by atoms with van der Waals surface area (Å²) in [4.78, 5) is 11.2. The molecule has 1 aliphatic rings. The van der Waals surface area contributed by atoms with Crippen molar-refractivity contribution in [2.45, 2.75) is 38.3 Å². The molecule has 2 unspecified atom stereocenters. The van der Waals surface area contributed by atoms with Crippen molar-refractivity contribution in [3.63, 3.8) is 0 Å². The summed E-state index contributed by atoms with van der Waals surface area (Å²) in [5, 5.41) is 12.6. The van der Waals surface area contributed by atoms with E-state index < -0.39 is 5.97 Å². The number of carbonyl (C=O) groups is 1. The van der Waals surface area contributed by atoms with Crippen molar-refractivity contribution >= 4 is 11.7 Å². The fourth-order valence-electron chi connectivity index (χ4n) is 2.38. The molecular weight excluding hydrogens is 244 g/mol. The number of hydrogen-bond acceptors (Lipinski definition) is 4. The summed E-state index contributed by atoms with van der Waals surface area (Å²) in [6.45, 7) is 2.96. The fourth-order valence-corrected chi connectivity index (χ4v) is 2.38. The number of ether oxygens (including phenoxy) is 1. The Balaban J connectivity index is 2.11. The zero-order valence-electron chi connectivity index (χ0n) is 11.1. The maximum Gasteiger partial charge on any atom is 0.339 e. The van der Waals surface area contributed by atoms with Crippen LogP contribution in [0.5, 0.6) is 5.75 Å². The molecule has 4 N–H and O–H groups in total. The summed E-state index contributed by atoms with van der Waals surface area (Å²) in [5.74, 6) is -0.646. The monoisotopic (exact) mass is 264 g/mol. The van der Waals surface area contributed by atoms with Crippen LogP contribution in [0.1, 0.15) is 36.5 Å². The van der Waals surface area contributed by atoms with E-state index in [0.717, 1.165) is 13.0 Å². The average molecular weight is 264 g/mol. The van der Waals surface area contributed by atoms with Crippen LogP contribution in [0.15, 0.2) is 18.2 Å². The Bertz CT molecular complexity index is 456. The van der Waals surface area contributed by atoms with Crippen molar-refractivity contribution in [1.29, 1.82) is 0 Å². The maximum atomic E-state index is 11.2. The molecule has 5 nitrogen and oxygen atoms in total. The van der Waals surface area contributed by atoms with Crippen LogP contribution in [0.3, 0.4) is 0 Å². The van der Waals surface area contributed by atoms with Gasteiger partial charge < -0.3 is 20.9 Å². The molecule has 1 fully saturated rings. The van der Waals surface area contributed by atoms with Crippen molar-refractivity contribution in [1.82, 2.24) is 5.32 Å². The topological polar surface area (TPSA) is 84.6 Å². The van der Waals surface area contributed by atoms with E-state index in [-0.39, 0.29) is 17.7 Å². The number of hydrogen-bond donors (Lipinski definition) is 3. The number of piperidine rings is 1. The highest BCUT2D eigenvalue weighted by molar-refractivity contribution is 5.92. The minimum absolute atomic E-state index is 0.0676. The van der Waals surface area contributed by atoms with Gasteiger partial charge in [0.05, 0.1) is 0 Å². The minimum Gasteiger partial charge on any atom is -0.488 e. The third-order valence-corrected chi connectivity index (χ3v) is 3.46. The maximum absolute atomic E-state index is 11.2. The number of rotatable bonds is 4. The molecule has 1 aliphatic heterocycles. The lowest BCUT2D eigenvalue weighted by Gasteiger charge is -2.29. The molecular formula is C14H20N2O3. The van der Waals surface area contributed by atoms with E-state index in [1.165, 1.54) is 18.9 Å². The second kappa shape index (κ2) is 5.93. The molecule has 1 aromatic rings. The molecule has 0 radical (unpaired) electrons. The van der Waals surface area contributed by atoms with E-state index in [2.05, 4.69) is 5.32 Å². The van der Waals surface area contributed by atoms with Crippen molar-refractivity contribution in [3.8, 4) is 5.75 Å². The normalized spacial score (nSPS) is 20.8. The number of nitrogens with two attached hydrogens (primary N) is 1. The van der Waals surface area contributed by atoms with E-state index in [9.17, 15) is 4.79 Å². The molecule has 0 spiro atoms. The number of anilines is 1. The third-order valence-electron chi connectivity index (χ3n) is 3.46. The van der Waals surface area contributed by atoms with Gasteiger partial charge in [-0.25, -0.2) is 4.79 Å². The van der Waals surface area contributed by atoms with E-state index in [1.807, 2.05) is 6.92 Å². The Morgan fingerprint density at radius 3 is 2.95 bits per heavy atom. The first-order valence-corrected chi connectivity index (χ1v) is 6.61. The molecule has 104 valence electrons. The van der Waals surface area contributed by atoms with Crippen LogP contribution in [0.25, 0.3) is 0 Å². The number of aromatic carboxylic acids is 1. The van der Waals surface area contributed by atoms with Gasteiger partial charge in [0.15, 0.2) is 0 Å². The number of carboxylic acids is 1. The average Bonchev–Trinajstić information content (AvgIpc) is 2.41.